The molecule has 0 aliphatic carbocycles. The molecule has 76 valence electrons. The Morgan fingerprint density at radius 3 is 3.07 bits per heavy atom. The highest BCUT2D eigenvalue weighted by molar-refractivity contribution is 7.16. The van der Waals surface area contributed by atoms with Gasteiger partial charge in [0.1, 0.15) is 5.78 Å². The van der Waals surface area contributed by atoms with Crippen molar-refractivity contribution < 1.29 is 9.53 Å². The quantitative estimate of drug-likeness (QED) is 0.798. The third-order valence-corrected chi connectivity index (χ3v) is 3.59. The van der Waals surface area contributed by atoms with Crippen molar-refractivity contribution in [2.24, 2.45) is 5.92 Å². The number of thiophene rings is 1. The summed E-state index contributed by atoms with van der Waals surface area (Å²) in [6.45, 7) is 1.32. The van der Waals surface area contributed by atoms with Crippen molar-refractivity contribution in [3.63, 3.8) is 0 Å². The Morgan fingerprint density at radius 2 is 2.50 bits per heavy atom. The molecule has 4 heteroatoms. The van der Waals surface area contributed by atoms with E-state index in [4.69, 9.17) is 16.3 Å². The van der Waals surface area contributed by atoms with Crippen molar-refractivity contribution in [1.29, 1.82) is 0 Å². The van der Waals surface area contributed by atoms with E-state index in [0.717, 1.165) is 22.2 Å². The molecule has 1 aliphatic rings. The standard InChI is InChI=1S/C10H11ClO2S/c11-10-2-1-8(14-10)5-9(12)7-3-4-13-6-7/h1-2,7H,3-6H2. The van der Waals surface area contributed by atoms with Gasteiger partial charge in [-0.05, 0) is 18.6 Å². The minimum Gasteiger partial charge on any atom is -0.381 e. The Labute approximate surface area is 91.8 Å². The van der Waals surface area contributed by atoms with Gasteiger partial charge < -0.3 is 4.74 Å². The number of hydrogen-bond acceptors (Lipinski definition) is 3. The maximum Gasteiger partial charge on any atom is 0.143 e. The fourth-order valence-electron chi connectivity index (χ4n) is 1.55. The van der Waals surface area contributed by atoms with Gasteiger partial charge in [-0.1, -0.05) is 11.6 Å². The summed E-state index contributed by atoms with van der Waals surface area (Å²) in [5.41, 5.74) is 0. The van der Waals surface area contributed by atoms with Crippen LogP contribution >= 0.6 is 22.9 Å². The van der Waals surface area contributed by atoms with Crippen LogP contribution in [0.1, 0.15) is 11.3 Å². The SMILES string of the molecule is O=C(Cc1ccc(Cl)s1)C1CCOC1. The van der Waals surface area contributed by atoms with Gasteiger partial charge in [0, 0.05) is 23.8 Å². The smallest absolute Gasteiger partial charge is 0.143 e. The first-order chi connectivity index (χ1) is 6.75. The van der Waals surface area contributed by atoms with E-state index in [1.807, 2.05) is 12.1 Å². The molecule has 0 radical (unpaired) electrons. The lowest BCUT2D eigenvalue weighted by Gasteiger charge is -2.03. The van der Waals surface area contributed by atoms with Gasteiger partial charge in [0.25, 0.3) is 0 Å². The topological polar surface area (TPSA) is 26.3 Å². The lowest BCUT2D eigenvalue weighted by atomic mass is 10.0. The highest BCUT2D eigenvalue weighted by Crippen LogP contribution is 2.24. The van der Waals surface area contributed by atoms with Gasteiger partial charge in [-0.2, -0.15) is 0 Å². The molecule has 0 bridgehead atoms. The van der Waals surface area contributed by atoms with Gasteiger partial charge in [0.15, 0.2) is 0 Å². The van der Waals surface area contributed by atoms with E-state index in [9.17, 15) is 4.79 Å². The molecule has 2 nitrogen and oxygen atoms in total. The first-order valence-electron chi connectivity index (χ1n) is 4.60. The number of halogens is 1. The van der Waals surface area contributed by atoms with Gasteiger partial charge in [-0.25, -0.2) is 0 Å². The maximum atomic E-state index is 11.7. The predicted molar refractivity (Wildman–Crippen MR) is 57.0 cm³/mol. The highest BCUT2D eigenvalue weighted by Gasteiger charge is 2.23. The fourth-order valence-corrected chi connectivity index (χ4v) is 2.65. The number of ketones is 1. The number of ether oxygens (including phenoxy) is 1. The number of rotatable bonds is 3. The van der Waals surface area contributed by atoms with Crippen LogP contribution in [-0.2, 0) is 16.0 Å². The summed E-state index contributed by atoms with van der Waals surface area (Å²) < 4.78 is 5.92. The van der Waals surface area contributed by atoms with Crippen LogP contribution in [0.2, 0.25) is 4.34 Å². The zero-order chi connectivity index (χ0) is 9.97. The van der Waals surface area contributed by atoms with Crippen LogP contribution in [0.3, 0.4) is 0 Å². The minimum atomic E-state index is 0.107. The van der Waals surface area contributed by atoms with Gasteiger partial charge in [-0.15, -0.1) is 11.3 Å². The lowest BCUT2D eigenvalue weighted by molar-refractivity contribution is -0.122. The Bertz CT molecular complexity index is 329. The number of hydrogen-bond donors (Lipinski definition) is 0. The number of Topliss-reactive ketones (excluding diaryl/α,β-unsaturated/α-hetero) is 1. The van der Waals surface area contributed by atoms with Crippen LogP contribution in [0.25, 0.3) is 0 Å². The van der Waals surface area contributed by atoms with Crippen LogP contribution in [0.4, 0.5) is 0 Å². The van der Waals surface area contributed by atoms with Crippen LogP contribution in [0.5, 0.6) is 0 Å². The zero-order valence-corrected chi connectivity index (χ0v) is 9.24. The molecule has 1 unspecified atom stereocenters. The molecule has 1 fully saturated rings. The maximum absolute atomic E-state index is 11.7. The molecule has 2 heterocycles. The molecule has 1 saturated heterocycles. The second kappa shape index (κ2) is 4.43. The Morgan fingerprint density at radius 1 is 1.64 bits per heavy atom. The van der Waals surface area contributed by atoms with Crippen molar-refractivity contribution in [1.82, 2.24) is 0 Å². The molecule has 1 atom stereocenters. The Kier molecular flexibility index (Phi) is 3.21. The fraction of sp³-hybridized carbons (Fsp3) is 0.500. The van der Waals surface area contributed by atoms with Crippen LogP contribution in [0.15, 0.2) is 12.1 Å². The lowest BCUT2D eigenvalue weighted by Crippen LogP contribution is -2.16. The Balaban J connectivity index is 1.93. The summed E-state index contributed by atoms with van der Waals surface area (Å²) >= 11 is 7.26. The van der Waals surface area contributed by atoms with E-state index >= 15 is 0 Å². The predicted octanol–water partition coefficient (Wildman–Crippen LogP) is 2.55. The molecule has 0 saturated carbocycles. The molecule has 0 spiro atoms. The monoisotopic (exact) mass is 230 g/mol. The zero-order valence-electron chi connectivity index (χ0n) is 7.66. The second-order valence-electron chi connectivity index (χ2n) is 3.41. The molecular formula is C10H11ClO2S. The number of carbonyl (C=O) groups excluding carboxylic acids is 1. The third kappa shape index (κ3) is 2.35. The van der Waals surface area contributed by atoms with Gasteiger partial charge in [0.05, 0.1) is 10.9 Å². The summed E-state index contributed by atoms with van der Waals surface area (Å²) in [4.78, 5) is 12.8. The molecule has 0 amide bonds. The normalized spacial score (nSPS) is 21.4. The van der Waals surface area contributed by atoms with Gasteiger partial charge >= 0.3 is 0 Å². The first kappa shape index (κ1) is 10.1. The van der Waals surface area contributed by atoms with Gasteiger partial charge in [-0.3, -0.25) is 4.79 Å². The van der Waals surface area contributed by atoms with E-state index in [1.165, 1.54) is 11.3 Å². The molecule has 1 aliphatic heterocycles. The second-order valence-corrected chi connectivity index (χ2v) is 5.21. The van der Waals surface area contributed by atoms with Crippen molar-refractivity contribution in [3.8, 4) is 0 Å². The largest absolute Gasteiger partial charge is 0.381 e. The van der Waals surface area contributed by atoms with Crippen LogP contribution < -0.4 is 0 Å². The van der Waals surface area contributed by atoms with E-state index in [2.05, 4.69) is 0 Å². The molecule has 0 aromatic carbocycles. The van der Waals surface area contributed by atoms with Crippen molar-refractivity contribution in [2.75, 3.05) is 13.2 Å². The van der Waals surface area contributed by atoms with Crippen LogP contribution in [0, 0.1) is 5.92 Å². The molecule has 2 rings (SSSR count). The van der Waals surface area contributed by atoms with Crippen molar-refractivity contribution in [2.45, 2.75) is 12.8 Å². The van der Waals surface area contributed by atoms with E-state index < -0.39 is 0 Å². The molecule has 0 N–H and O–H groups in total. The first-order valence-corrected chi connectivity index (χ1v) is 5.80. The van der Waals surface area contributed by atoms with E-state index in [0.29, 0.717) is 13.0 Å². The van der Waals surface area contributed by atoms with Crippen LogP contribution in [-0.4, -0.2) is 19.0 Å². The van der Waals surface area contributed by atoms with E-state index in [-0.39, 0.29) is 11.7 Å². The minimum absolute atomic E-state index is 0.107. The summed E-state index contributed by atoms with van der Waals surface area (Å²) in [6, 6.07) is 3.75. The third-order valence-electron chi connectivity index (χ3n) is 2.36. The summed E-state index contributed by atoms with van der Waals surface area (Å²) in [5, 5.41) is 0. The molecule has 1 aromatic rings. The average molecular weight is 231 g/mol. The molecule has 1 aromatic heterocycles. The van der Waals surface area contributed by atoms with Gasteiger partial charge in [0.2, 0.25) is 0 Å². The highest BCUT2D eigenvalue weighted by atomic mass is 35.5. The summed E-state index contributed by atoms with van der Waals surface area (Å²) in [6.07, 6.45) is 1.38. The number of carbonyl (C=O) groups is 1. The van der Waals surface area contributed by atoms with Crippen molar-refractivity contribution in [3.05, 3.63) is 21.3 Å². The summed E-state index contributed by atoms with van der Waals surface area (Å²) in [5.74, 6) is 0.386. The average Bonchev–Trinajstić information content (AvgIpc) is 2.75. The van der Waals surface area contributed by atoms with E-state index in [1.54, 1.807) is 0 Å². The van der Waals surface area contributed by atoms with Crippen molar-refractivity contribution >= 4 is 28.7 Å². The summed E-state index contributed by atoms with van der Waals surface area (Å²) in [7, 11) is 0. The Hall–Kier alpha value is -0.380. The molecular weight excluding hydrogens is 220 g/mol. The molecule has 14 heavy (non-hydrogen) atoms.